The number of rotatable bonds is 4. The number of hydrogen-bond donors (Lipinski definition) is 0. The minimum absolute atomic E-state index is 0.261. The molecule has 6 nitrogen and oxygen atoms in total. The van der Waals surface area contributed by atoms with Crippen LogP contribution in [0.15, 0.2) is 40.8 Å². The molecular formula is C13H11N3O3. The van der Waals surface area contributed by atoms with Crippen LogP contribution in [0, 0.1) is 21.4 Å². The second-order valence-corrected chi connectivity index (χ2v) is 4.01. The third-order valence-corrected chi connectivity index (χ3v) is 2.66. The molecule has 0 saturated carbocycles. The highest BCUT2D eigenvalue weighted by Crippen LogP contribution is 2.20. The van der Waals surface area contributed by atoms with Gasteiger partial charge in [0, 0.05) is 12.7 Å². The van der Waals surface area contributed by atoms with E-state index in [1.54, 1.807) is 18.2 Å². The van der Waals surface area contributed by atoms with Crippen LogP contribution < -0.4 is 4.90 Å². The van der Waals surface area contributed by atoms with Crippen molar-refractivity contribution >= 4 is 11.6 Å². The van der Waals surface area contributed by atoms with Gasteiger partial charge in [-0.05, 0) is 30.3 Å². The zero-order chi connectivity index (χ0) is 13.8. The average molecular weight is 257 g/mol. The molecule has 0 fully saturated rings. The maximum Gasteiger partial charge on any atom is 0.433 e. The first-order valence-electron chi connectivity index (χ1n) is 5.54. The molecule has 19 heavy (non-hydrogen) atoms. The maximum absolute atomic E-state index is 10.5. The molecule has 0 unspecified atom stereocenters. The Hall–Kier alpha value is -2.81. The van der Waals surface area contributed by atoms with Crippen LogP contribution in [0.1, 0.15) is 11.3 Å². The zero-order valence-corrected chi connectivity index (χ0v) is 10.2. The van der Waals surface area contributed by atoms with E-state index in [2.05, 4.69) is 0 Å². The van der Waals surface area contributed by atoms with E-state index in [-0.39, 0.29) is 5.88 Å². The van der Waals surface area contributed by atoms with Crippen LogP contribution in [0.4, 0.5) is 11.6 Å². The van der Waals surface area contributed by atoms with E-state index in [0.29, 0.717) is 17.9 Å². The number of furan rings is 1. The first-order chi connectivity index (χ1) is 9.10. The summed E-state index contributed by atoms with van der Waals surface area (Å²) in [5, 5.41) is 19.2. The molecule has 6 heteroatoms. The second-order valence-electron chi connectivity index (χ2n) is 4.01. The van der Waals surface area contributed by atoms with Gasteiger partial charge in [0.15, 0.2) is 0 Å². The number of nitro groups is 1. The van der Waals surface area contributed by atoms with E-state index in [4.69, 9.17) is 9.68 Å². The molecule has 1 aromatic heterocycles. The van der Waals surface area contributed by atoms with Crippen LogP contribution >= 0.6 is 0 Å². The molecule has 0 bridgehead atoms. The lowest BCUT2D eigenvalue weighted by molar-refractivity contribution is -0.402. The normalized spacial score (nSPS) is 9.89. The van der Waals surface area contributed by atoms with Gasteiger partial charge in [0.1, 0.15) is 10.7 Å². The van der Waals surface area contributed by atoms with Gasteiger partial charge in [-0.25, -0.2) is 0 Å². The van der Waals surface area contributed by atoms with Crippen molar-refractivity contribution in [2.45, 2.75) is 6.54 Å². The summed E-state index contributed by atoms with van der Waals surface area (Å²) in [5.74, 6) is 0.252. The fourth-order valence-electron chi connectivity index (χ4n) is 1.67. The summed E-state index contributed by atoms with van der Waals surface area (Å²) in [6.45, 7) is 0.416. The van der Waals surface area contributed by atoms with Crippen molar-refractivity contribution in [3.8, 4) is 6.07 Å². The van der Waals surface area contributed by atoms with E-state index in [1.165, 1.54) is 6.07 Å². The van der Waals surface area contributed by atoms with Crippen molar-refractivity contribution in [1.29, 1.82) is 5.26 Å². The third kappa shape index (κ3) is 2.90. The number of nitrogens with zero attached hydrogens (tertiary/aromatic N) is 3. The van der Waals surface area contributed by atoms with Gasteiger partial charge in [-0.1, -0.05) is 0 Å². The van der Waals surface area contributed by atoms with Crippen molar-refractivity contribution in [2.24, 2.45) is 0 Å². The van der Waals surface area contributed by atoms with Gasteiger partial charge in [-0.2, -0.15) is 5.26 Å². The summed E-state index contributed by atoms with van der Waals surface area (Å²) >= 11 is 0. The zero-order valence-electron chi connectivity index (χ0n) is 10.2. The van der Waals surface area contributed by atoms with Crippen LogP contribution in [0.2, 0.25) is 0 Å². The first kappa shape index (κ1) is 12.6. The summed E-state index contributed by atoms with van der Waals surface area (Å²) in [6, 6.07) is 12.0. The van der Waals surface area contributed by atoms with Crippen LogP contribution in [0.5, 0.6) is 0 Å². The Kier molecular flexibility index (Phi) is 3.48. The molecule has 2 aromatic rings. The fourth-order valence-corrected chi connectivity index (χ4v) is 1.67. The molecule has 96 valence electrons. The summed E-state index contributed by atoms with van der Waals surface area (Å²) in [7, 11) is 1.84. The minimum Gasteiger partial charge on any atom is -0.404 e. The van der Waals surface area contributed by atoms with E-state index in [0.717, 1.165) is 5.69 Å². The van der Waals surface area contributed by atoms with Gasteiger partial charge < -0.3 is 9.32 Å². The molecule has 2 rings (SSSR count). The van der Waals surface area contributed by atoms with Crippen LogP contribution in [0.25, 0.3) is 0 Å². The van der Waals surface area contributed by atoms with Crippen molar-refractivity contribution in [3.05, 3.63) is 57.8 Å². The predicted molar refractivity (Wildman–Crippen MR) is 68.6 cm³/mol. The van der Waals surface area contributed by atoms with Crippen molar-refractivity contribution in [1.82, 2.24) is 0 Å². The number of anilines is 1. The highest BCUT2D eigenvalue weighted by atomic mass is 16.6. The topological polar surface area (TPSA) is 83.3 Å². The molecule has 1 heterocycles. The molecular weight excluding hydrogens is 246 g/mol. The Morgan fingerprint density at radius 2 is 2.00 bits per heavy atom. The monoisotopic (exact) mass is 257 g/mol. The standard InChI is InChI=1S/C13H11N3O3/c1-15(11-4-2-10(8-14)3-5-11)9-12-6-7-13(19-12)16(17)18/h2-7H,9H2,1H3. The van der Waals surface area contributed by atoms with Gasteiger partial charge in [0.05, 0.1) is 24.2 Å². The summed E-state index contributed by atoms with van der Waals surface area (Å²) < 4.78 is 5.09. The lowest BCUT2D eigenvalue weighted by Crippen LogP contribution is -2.15. The number of hydrogen-bond acceptors (Lipinski definition) is 5. The minimum atomic E-state index is -0.564. The highest BCUT2D eigenvalue weighted by Gasteiger charge is 2.13. The summed E-state index contributed by atoms with van der Waals surface area (Å²) in [4.78, 5) is 11.8. The third-order valence-electron chi connectivity index (χ3n) is 2.66. The molecule has 0 N–H and O–H groups in total. The molecule has 0 saturated heterocycles. The Bertz CT molecular complexity index is 625. The SMILES string of the molecule is CN(Cc1ccc([N+](=O)[O-])o1)c1ccc(C#N)cc1. The fraction of sp³-hybridized carbons (Fsp3) is 0.154. The van der Waals surface area contributed by atoms with Crippen molar-refractivity contribution < 1.29 is 9.34 Å². The largest absolute Gasteiger partial charge is 0.433 e. The van der Waals surface area contributed by atoms with E-state index < -0.39 is 4.92 Å². The number of benzene rings is 1. The Balaban J connectivity index is 2.09. The molecule has 1 aromatic carbocycles. The van der Waals surface area contributed by atoms with Gasteiger partial charge in [0.2, 0.25) is 0 Å². The Labute approximate surface area is 109 Å². The predicted octanol–water partition coefficient (Wildman–Crippen LogP) is 2.70. The quantitative estimate of drug-likeness (QED) is 0.621. The van der Waals surface area contributed by atoms with Gasteiger partial charge in [0.25, 0.3) is 0 Å². The Morgan fingerprint density at radius 1 is 1.32 bits per heavy atom. The van der Waals surface area contributed by atoms with Gasteiger partial charge >= 0.3 is 5.88 Å². The molecule has 0 radical (unpaired) electrons. The van der Waals surface area contributed by atoms with Crippen LogP contribution in [0.3, 0.4) is 0 Å². The Morgan fingerprint density at radius 3 is 2.53 bits per heavy atom. The smallest absolute Gasteiger partial charge is 0.404 e. The maximum atomic E-state index is 10.5. The average Bonchev–Trinajstić information content (AvgIpc) is 2.87. The molecule has 0 atom stereocenters. The van der Waals surface area contributed by atoms with Gasteiger partial charge in [-0.3, -0.25) is 10.1 Å². The highest BCUT2D eigenvalue weighted by molar-refractivity contribution is 5.49. The van der Waals surface area contributed by atoms with E-state index >= 15 is 0 Å². The van der Waals surface area contributed by atoms with Crippen LogP contribution in [-0.2, 0) is 6.54 Å². The molecule has 0 aliphatic heterocycles. The van der Waals surface area contributed by atoms with Crippen LogP contribution in [-0.4, -0.2) is 12.0 Å². The van der Waals surface area contributed by atoms with Gasteiger partial charge in [-0.15, -0.1) is 0 Å². The summed E-state index contributed by atoms with van der Waals surface area (Å²) in [5.41, 5.74) is 1.49. The lowest BCUT2D eigenvalue weighted by atomic mass is 10.2. The van der Waals surface area contributed by atoms with Crippen molar-refractivity contribution in [2.75, 3.05) is 11.9 Å². The van der Waals surface area contributed by atoms with Crippen molar-refractivity contribution in [3.63, 3.8) is 0 Å². The first-order valence-corrected chi connectivity index (χ1v) is 5.54. The molecule has 0 spiro atoms. The lowest BCUT2D eigenvalue weighted by Gasteiger charge is -2.17. The molecule has 0 aliphatic rings. The molecule has 0 amide bonds. The second kappa shape index (κ2) is 5.23. The van der Waals surface area contributed by atoms with E-state index in [1.807, 2.05) is 30.1 Å². The number of nitriles is 1. The van der Waals surface area contributed by atoms with E-state index in [9.17, 15) is 10.1 Å². The summed E-state index contributed by atoms with van der Waals surface area (Å²) in [6.07, 6.45) is 0. The molecule has 0 aliphatic carbocycles.